The summed E-state index contributed by atoms with van der Waals surface area (Å²) in [5.74, 6) is -0.583. The largest absolute Gasteiger partial charge is 0.394 e. The minimum absolute atomic E-state index is 0.369. The van der Waals surface area contributed by atoms with Crippen molar-refractivity contribution >= 4 is 5.91 Å². The first kappa shape index (κ1) is 78.0. The van der Waals surface area contributed by atoms with E-state index in [1.165, 1.54) is 353 Å². The monoisotopic (exact) mass is 1120 g/mol. The Bertz CT molecular complexity index is 1160. The average molecular weight is 1120 g/mol. The smallest absolute Gasteiger partial charge is 0.249 e. The van der Waals surface area contributed by atoms with Crippen molar-refractivity contribution < 1.29 is 25.2 Å². The lowest BCUT2D eigenvalue weighted by molar-refractivity contribution is -0.132. The highest BCUT2D eigenvalue weighted by molar-refractivity contribution is 5.80. The van der Waals surface area contributed by atoms with Crippen molar-refractivity contribution in [2.75, 3.05) is 6.61 Å². The van der Waals surface area contributed by atoms with Crippen molar-refractivity contribution in [1.82, 2.24) is 5.32 Å². The molecule has 0 fully saturated rings. The van der Waals surface area contributed by atoms with Crippen LogP contribution in [0.15, 0.2) is 12.2 Å². The molecule has 0 saturated heterocycles. The van der Waals surface area contributed by atoms with Crippen LogP contribution in [0.25, 0.3) is 0 Å². The quantitative estimate of drug-likeness (QED) is 0.0308. The highest BCUT2D eigenvalue weighted by Gasteiger charge is 2.28. The second-order valence-electron chi connectivity index (χ2n) is 25.7. The number of hydrogen-bond donors (Lipinski definition) is 5. The molecule has 0 rings (SSSR count). The van der Waals surface area contributed by atoms with Gasteiger partial charge in [0.15, 0.2) is 0 Å². The van der Waals surface area contributed by atoms with Gasteiger partial charge in [-0.2, -0.15) is 0 Å². The van der Waals surface area contributed by atoms with Gasteiger partial charge in [0.1, 0.15) is 12.2 Å². The number of amides is 1. The Labute approximate surface area is 495 Å². The van der Waals surface area contributed by atoms with Crippen molar-refractivity contribution in [1.29, 1.82) is 0 Å². The van der Waals surface area contributed by atoms with Crippen LogP contribution >= 0.6 is 0 Å². The summed E-state index contributed by atoms with van der Waals surface area (Å²) in [4.78, 5) is 12.7. The molecule has 1 amide bonds. The molecule has 0 radical (unpaired) electrons. The normalized spacial score (nSPS) is 13.4. The van der Waals surface area contributed by atoms with Gasteiger partial charge in [0.05, 0.1) is 18.8 Å². The van der Waals surface area contributed by atoms with Gasteiger partial charge in [-0.3, -0.25) is 4.79 Å². The number of nitrogens with one attached hydrogen (secondary N) is 1. The molecule has 0 aromatic carbocycles. The second-order valence-corrected chi connectivity index (χ2v) is 25.7. The first-order chi connectivity index (χ1) is 39.0. The fourth-order valence-electron chi connectivity index (χ4n) is 12.1. The Hall–Kier alpha value is -0.950. The van der Waals surface area contributed by atoms with Gasteiger partial charge in [-0.05, 0) is 38.5 Å². The Balaban J connectivity index is 3.51. The molecule has 0 saturated carbocycles. The van der Waals surface area contributed by atoms with E-state index in [1.807, 2.05) is 0 Å². The molecule has 0 bridgehead atoms. The summed E-state index contributed by atoms with van der Waals surface area (Å²) in [6.07, 6.45) is 85.1. The topological polar surface area (TPSA) is 110 Å². The molecule has 0 aliphatic heterocycles. The number of aliphatic hydroxyl groups excluding tert-OH is 4. The number of rotatable bonds is 69. The van der Waals surface area contributed by atoms with Crippen LogP contribution in [0.2, 0.25) is 0 Å². The lowest BCUT2D eigenvalue weighted by atomic mass is 10.00. The van der Waals surface area contributed by atoms with Crippen LogP contribution in [0.4, 0.5) is 0 Å². The molecule has 4 unspecified atom stereocenters. The molecule has 6 nitrogen and oxygen atoms in total. The summed E-state index contributed by atoms with van der Waals surface area (Å²) in [6, 6.07) is -1.00. The third-order valence-corrected chi connectivity index (χ3v) is 17.7. The van der Waals surface area contributed by atoms with Gasteiger partial charge in [0.2, 0.25) is 5.91 Å². The van der Waals surface area contributed by atoms with Gasteiger partial charge in [-0.25, -0.2) is 0 Å². The Morgan fingerprint density at radius 2 is 0.519 bits per heavy atom. The first-order valence-corrected chi connectivity index (χ1v) is 36.6. The van der Waals surface area contributed by atoms with Crippen molar-refractivity contribution in [2.45, 2.75) is 443 Å². The van der Waals surface area contributed by atoms with Crippen LogP contribution in [0.1, 0.15) is 418 Å². The maximum absolute atomic E-state index is 12.7. The zero-order valence-corrected chi connectivity index (χ0v) is 53.9. The maximum Gasteiger partial charge on any atom is 0.249 e. The summed E-state index contributed by atoms with van der Waals surface area (Å²) in [5.41, 5.74) is 0. The molecule has 6 heteroatoms. The van der Waals surface area contributed by atoms with Crippen molar-refractivity contribution in [3.63, 3.8) is 0 Å². The molecule has 0 aromatic heterocycles. The van der Waals surface area contributed by atoms with E-state index in [4.69, 9.17) is 0 Å². The third kappa shape index (κ3) is 61.4. The molecule has 472 valence electrons. The summed E-state index contributed by atoms with van der Waals surface area (Å²) in [6.45, 7) is 4.11. The van der Waals surface area contributed by atoms with E-state index in [-0.39, 0.29) is 0 Å². The third-order valence-electron chi connectivity index (χ3n) is 17.7. The van der Waals surface area contributed by atoms with Gasteiger partial charge in [-0.1, -0.05) is 392 Å². The van der Waals surface area contributed by atoms with Gasteiger partial charge in [-0.15, -0.1) is 0 Å². The molecular formula is C73H145NO5. The summed E-state index contributed by atoms with van der Waals surface area (Å²) < 4.78 is 0. The summed E-state index contributed by atoms with van der Waals surface area (Å²) >= 11 is 0. The number of carbonyl (C=O) groups excluding carboxylic acids is 1. The van der Waals surface area contributed by atoms with E-state index in [9.17, 15) is 25.2 Å². The highest BCUT2D eigenvalue weighted by atomic mass is 16.3. The molecule has 0 aliphatic carbocycles. The van der Waals surface area contributed by atoms with Crippen molar-refractivity contribution in [3.8, 4) is 0 Å². The molecule has 0 heterocycles. The maximum atomic E-state index is 12.7. The van der Waals surface area contributed by atoms with Crippen molar-refractivity contribution in [2.24, 2.45) is 0 Å². The van der Waals surface area contributed by atoms with Crippen LogP contribution in [-0.2, 0) is 4.79 Å². The second kappa shape index (κ2) is 67.8. The van der Waals surface area contributed by atoms with Gasteiger partial charge in [0, 0.05) is 0 Å². The number of aliphatic hydroxyl groups is 4. The van der Waals surface area contributed by atoms with E-state index in [1.54, 1.807) is 0 Å². The number of carbonyl (C=O) groups is 1. The van der Waals surface area contributed by atoms with E-state index in [2.05, 4.69) is 31.3 Å². The number of hydrogen-bond acceptors (Lipinski definition) is 5. The lowest BCUT2D eigenvalue weighted by Crippen LogP contribution is -2.53. The van der Waals surface area contributed by atoms with Gasteiger partial charge >= 0.3 is 0 Å². The van der Waals surface area contributed by atoms with Crippen LogP contribution in [0.5, 0.6) is 0 Å². The molecule has 5 N–H and O–H groups in total. The standard InChI is InChI=1S/C73H145NO5/c1-3-5-7-9-11-13-15-17-19-21-23-25-27-29-31-32-33-34-35-36-37-38-39-41-43-45-47-49-51-53-55-57-59-61-63-65-67-71(77)73(79)74-69(68-75)72(78)70(76)66-64-62-60-58-56-54-52-50-48-46-44-42-40-30-28-26-24-22-20-18-16-14-12-10-8-6-4-2/h58,60,69-72,75-78H,3-57,59,61-68H2,1-2H3,(H,74,79)/b60-58+. The van der Waals surface area contributed by atoms with Crippen LogP contribution in [-0.4, -0.2) is 57.3 Å². The minimum Gasteiger partial charge on any atom is -0.394 e. The van der Waals surface area contributed by atoms with Crippen LogP contribution in [0, 0.1) is 0 Å². The molecule has 79 heavy (non-hydrogen) atoms. The molecule has 0 spiro atoms. The van der Waals surface area contributed by atoms with Crippen LogP contribution < -0.4 is 5.32 Å². The predicted octanol–water partition coefficient (Wildman–Crippen LogP) is 22.7. The summed E-state index contributed by atoms with van der Waals surface area (Å²) in [5, 5.41) is 44.2. The lowest BCUT2D eigenvalue weighted by Gasteiger charge is -2.27. The van der Waals surface area contributed by atoms with E-state index in [0.717, 1.165) is 38.5 Å². The van der Waals surface area contributed by atoms with Gasteiger partial charge in [0.25, 0.3) is 0 Å². The zero-order valence-electron chi connectivity index (χ0n) is 53.9. The number of allylic oxidation sites excluding steroid dienone is 2. The van der Waals surface area contributed by atoms with Crippen molar-refractivity contribution in [3.05, 3.63) is 12.2 Å². The van der Waals surface area contributed by atoms with E-state index in [0.29, 0.717) is 12.8 Å². The van der Waals surface area contributed by atoms with Crippen LogP contribution in [0.3, 0.4) is 0 Å². The molecule has 0 aromatic rings. The Kier molecular flexibility index (Phi) is 67.0. The highest BCUT2D eigenvalue weighted by Crippen LogP contribution is 2.20. The average Bonchev–Trinajstić information content (AvgIpc) is 3.45. The zero-order chi connectivity index (χ0) is 57.3. The predicted molar refractivity (Wildman–Crippen MR) is 348 cm³/mol. The summed E-state index contributed by atoms with van der Waals surface area (Å²) in [7, 11) is 0. The van der Waals surface area contributed by atoms with Gasteiger partial charge < -0.3 is 25.7 Å². The number of unbranched alkanes of at least 4 members (excludes halogenated alkanes) is 58. The van der Waals surface area contributed by atoms with E-state index >= 15 is 0 Å². The molecule has 4 atom stereocenters. The first-order valence-electron chi connectivity index (χ1n) is 36.6. The fraction of sp³-hybridized carbons (Fsp3) is 0.959. The fourth-order valence-corrected chi connectivity index (χ4v) is 12.1. The SMILES string of the molecule is CCCCCCCCCCCCCCCCCCCCCCCC/C=C/CCCC(O)C(O)C(CO)NC(=O)C(O)CCCCCCCCCCCCCCCCCCCCCCCCCCCCCCCCCCCCCC. The Morgan fingerprint density at radius 3 is 0.759 bits per heavy atom. The minimum atomic E-state index is -1.28. The molecule has 0 aliphatic rings. The molecular weight excluding hydrogens is 971 g/mol. The van der Waals surface area contributed by atoms with E-state index < -0.39 is 36.9 Å². The Morgan fingerprint density at radius 1 is 0.304 bits per heavy atom.